The quantitative estimate of drug-likeness (QED) is 0.747. The summed E-state index contributed by atoms with van der Waals surface area (Å²) in [6, 6.07) is 7.59. The second kappa shape index (κ2) is 6.55. The van der Waals surface area contributed by atoms with E-state index in [4.69, 9.17) is 10.8 Å². The number of aliphatic carboxylic acids is 1. The molecule has 0 saturated heterocycles. The lowest BCUT2D eigenvalue weighted by atomic mass is 10.1. The van der Waals surface area contributed by atoms with E-state index in [0.29, 0.717) is 6.42 Å². The van der Waals surface area contributed by atoms with Crippen molar-refractivity contribution >= 4 is 17.7 Å². The fourth-order valence-electron chi connectivity index (χ4n) is 1.44. The van der Waals surface area contributed by atoms with Gasteiger partial charge >= 0.3 is 5.97 Å². The molecule has 0 fully saturated rings. The molecule has 1 atom stereocenters. The van der Waals surface area contributed by atoms with Crippen LogP contribution in [-0.4, -0.2) is 23.4 Å². The normalized spacial score (nSPS) is 12.4. The van der Waals surface area contributed by atoms with Crippen molar-refractivity contribution in [3.05, 3.63) is 29.8 Å². The summed E-state index contributed by atoms with van der Waals surface area (Å²) in [5, 5.41) is 8.62. The molecule has 3 nitrogen and oxygen atoms in total. The van der Waals surface area contributed by atoms with Gasteiger partial charge in [-0.2, -0.15) is 0 Å². The first-order valence-electron chi connectivity index (χ1n) is 5.25. The number of carboxylic acids is 1. The van der Waals surface area contributed by atoms with Crippen LogP contribution in [0.15, 0.2) is 29.2 Å². The molecular weight excluding hydrogens is 222 g/mol. The molecule has 88 valence electrons. The van der Waals surface area contributed by atoms with Crippen molar-refractivity contribution in [2.24, 2.45) is 5.73 Å². The van der Waals surface area contributed by atoms with E-state index in [2.05, 4.69) is 24.3 Å². The van der Waals surface area contributed by atoms with Crippen molar-refractivity contribution < 1.29 is 9.90 Å². The molecule has 0 radical (unpaired) electrons. The third-order valence-electron chi connectivity index (χ3n) is 2.46. The summed E-state index contributed by atoms with van der Waals surface area (Å²) in [7, 11) is 0. The first-order chi connectivity index (χ1) is 7.63. The van der Waals surface area contributed by atoms with Crippen LogP contribution < -0.4 is 5.73 Å². The van der Waals surface area contributed by atoms with Gasteiger partial charge in [0.15, 0.2) is 0 Å². The highest BCUT2D eigenvalue weighted by Gasteiger charge is 2.10. The number of benzene rings is 1. The van der Waals surface area contributed by atoms with Crippen LogP contribution in [0.3, 0.4) is 0 Å². The third-order valence-corrected chi connectivity index (χ3v) is 3.20. The van der Waals surface area contributed by atoms with E-state index in [1.165, 1.54) is 10.5 Å². The number of aryl methyl sites for hydroxylation is 1. The molecule has 0 aliphatic heterocycles. The molecule has 0 aromatic heterocycles. The Labute approximate surface area is 100 Å². The lowest BCUT2D eigenvalue weighted by Gasteiger charge is -2.06. The fraction of sp³-hybridized carbons (Fsp3) is 0.417. The average molecular weight is 239 g/mol. The Morgan fingerprint density at radius 2 is 2.06 bits per heavy atom. The lowest BCUT2D eigenvalue weighted by molar-refractivity contribution is -0.138. The van der Waals surface area contributed by atoms with Crippen molar-refractivity contribution in [2.75, 3.05) is 6.26 Å². The maximum absolute atomic E-state index is 10.5. The van der Waals surface area contributed by atoms with E-state index in [0.717, 1.165) is 12.8 Å². The molecule has 4 heteroatoms. The Balaban J connectivity index is 2.34. The number of carboxylic acid groups (broad SMARTS) is 1. The Hall–Kier alpha value is -1.00. The van der Waals surface area contributed by atoms with Crippen molar-refractivity contribution in [2.45, 2.75) is 30.2 Å². The molecule has 0 saturated carbocycles. The highest BCUT2D eigenvalue weighted by atomic mass is 32.2. The summed E-state index contributed by atoms with van der Waals surface area (Å²) >= 11 is 1.71. The monoisotopic (exact) mass is 239 g/mol. The van der Waals surface area contributed by atoms with Gasteiger partial charge in [0, 0.05) is 4.90 Å². The van der Waals surface area contributed by atoms with Crippen LogP contribution in [0.4, 0.5) is 0 Å². The average Bonchev–Trinajstić information content (AvgIpc) is 2.29. The zero-order valence-electron chi connectivity index (χ0n) is 9.35. The van der Waals surface area contributed by atoms with Crippen LogP contribution in [0.5, 0.6) is 0 Å². The van der Waals surface area contributed by atoms with Crippen LogP contribution in [0.2, 0.25) is 0 Å². The zero-order valence-corrected chi connectivity index (χ0v) is 10.2. The summed E-state index contributed by atoms with van der Waals surface area (Å²) in [6.07, 6.45) is 4.27. The van der Waals surface area contributed by atoms with Crippen LogP contribution in [0.25, 0.3) is 0 Å². The Morgan fingerprint density at radius 1 is 1.44 bits per heavy atom. The molecule has 0 amide bonds. The topological polar surface area (TPSA) is 63.3 Å². The number of hydrogen-bond donors (Lipinski definition) is 2. The number of thioether (sulfide) groups is 1. The zero-order chi connectivity index (χ0) is 12.0. The molecule has 1 aromatic carbocycles. The summed E-state index contributed by atoms with van der Waals surface area (Å²) in [4.78, 5) is 11.7. The van der Waals surface area contributed by atoms with Gasteiger partial charge in [-0.3, -0.25) is 4.79 Å². The maximum atomic E-state index is 10.5. The first-order valence-corrected chi connectivity index (χ1v) is 6.47. The largest absolute Gasteiger partial charge is 0.480 e. The van der Waals surface area contributed by atoms with Crippen LogP contribution in [0, 0.1) is 0 Å². The highest BCUT2D eigenvalue weighted by Crippen LogP contribution is 2.16. The van der Waals surface area contributed by atoms with Crippen molar-refractivity contribution in [3.63, 3.8) is 0 Å². The predicted octanol–water partition coefficient (Wildman–Crippen LogP) is 2.14. The lowest BCUT2D eigenvalue weighted by Crippen LogP contribution is -2.29. The molecule has 0 spiro atoms. The number of carbonyl (C=O) groups is 1. The van der Waals surface area contributed by atoms with Gasteiger partial charge in [-0.15, -0.1) is 11.8 Å². The smallest absolute Gasteiger partial charge is 0.320 e. The highest BCUT2D eigenvalue weighted by molar-refractivity contribution is 7.98. The molecule has 3 N–H and O–H groups in total. The molecule has 0 aliphatic rings. The Morgan fingerprint density at radius 3 is 2.56 bits per heavy atom. The fourth-order valence-corrected chi connectivity index (χ4v) is 1.85. The summed E-state index contributed by atoms with van der Waals surface area (Å²) in [6.45, 7) is 0. The molecule has 0 aliphatic carbocycles. The molecule has 1 aromatic rings. The van der Waals surface area contributed by atoms with Gasteiger partial charge in [0.1, 0.15) is 6.04 Å². The Bertz CT molecular complexity index is 337. The van der Waals surface area contributed by atoms with Gasteiger partial charge in [-0.05, 0) is 43.2 Å². The molecule has 0 heterocycles. The number of nitrogens with two attached hydrogens (primary N) is 1. The van der Waals surface area contributed by atoms with Gasteiger partial charge < -0.3 is 10.8 Å². The summed E-state index contributed by atoms with van der Waals surface area (Å²) in [5.74, 6) is -0.919. The van der Waals surface area contributed by atoms with Crippen LogP contribution >= 0.6 is 11.8 Å². The van der Waals surface area contributed by atoms with Crippen molar-refractivity contribution in [3.8, 4) is 0 Å². The molecule has 16 heavy (non-hydrogen) atoms. The van der Waals surface area contributed by atoms with Gasteiger partial charge in [0.25, 0.3) is 0 Å². The van der Waals surface area contributed by atoms with Crippen molar-refractivity contribution in [1.29, 1.82) is 0 Å². The van der Waals surface area contributed by atoms with E-state index in [1.807, 2.05) is 6.26 Å². The van der Waals surface area contributed by atoms with E-state index in [1.54, 1.807) is 11.8 Å². The number of rotatable bonds is 6. The molecular formula is C12H17NO2S. The first kappa shape index (κ1) is 13.1. The molecule has 0 bridgehead atoms. The SMILES string of the molecule is CSc1ccc(CCCC(N)C(=O)O)cc1. The van der Waals surface area contributed by atoms with Gasteiger partial charge in [0.05, 0.1) is 0 Å². The van der Waals surface area contributed by atoms with Gasteiger partial charge in [0.2, 0.25) is 0 Å². The minimum atomic E-state index is -0.919. The van der Waals surface area contributed by atoms with Crippen LogP contribution in [-0.2, 0) is 11.2 Å². The molecule has 1 unspecified atom stereocenters. The van der Waals surface area contributed by atoms with E-state index in [-0.39, 0.29) is 0 Å². The van der Waals surface area contributed by atoms with E-state index >= 15 is 0 Å². The minimum absolute atomic E-state index is 0.527. The summed E-state index contributed by atoms with van der Waals surface area (Å²) < 4.78 is 0. The van der Waals surface area contributed by atoms with E-state index < -0.39 is 12.0 Å². The second-order valence-corrected chi connectivity index (χ2v) is 4.56. The number of hydrogen-bond acceptors (Lipinski definition) is 3. The predicted molar refractivity (Wildman–Crippen MR) is 66.8 cm³/mol. The van der Waals surface area contributed by atoms with Crippen molar-refractivity contribution in [1.82, 2.24) is 0 Å². The van der Waals surface area contributed by atoms with Gasteiger partial charge in [-0.25, -0.2) is 0 Å². The standard InChI is InChI=1S/C12H17NO2S/c1-16-10-7-5-9(6-8-10)3-2-4-11(13)12(14)15/h5-8,11H,2-4,13H2,1H3,(H,14,15). The second-order valence-electron chi connectivity index (χ2n) is 3.69. The van der Waals surface area contributed by atoms with Gasteiger partial charge in [-0.1, -0.05) is 12.1 Å². The third kappa shape index (κ3) is 4.24. The minimum Gasteiger partial charge on any atom is -0.480 e. The molecule has 1 rings (SSSR count). The van der Waals surface area contributed by atoms with Crippen LogP contribution in [0.1, 0.15) is 18.4 Å². The Kier molecular flexibility index (Phi) is 5.35. The maximum Gasteiger partial charge on any atom is 0.320 e. The van der Waals surface area contributed by atoms with E-state index in [9.17, 15) is 4.79 Å². The summed E-state index contributed by atoms with van der Waals surface area (Å²) in [5.41, 5.74) is 6.66.